The Kier molecular flexibility index (Phi) is 2.83. The smallest absolute Gasteiger partial charge is 0.336 e. The SMILES string of the molecule is O=C(O)c1ccccc1-c1ccc2ccc3cccc4ccc1c2c34. The molecule has 5 rings (SSSR count). The molecule has 0 aliphatic heterocycles. The molecule has 0 amide bonds. The number of carboxylic acid groups (broad SMARTS) is 1. The highest BCUT2D eigenvalue weighted by Crippen LogP contribution is 2.39. The lowest BCUT2D eigenvalue weighted by Gasteiger charge is -2.15. The molecule has 2 heteroatoms. The van der Waals surface area contributed by atoms with Crippen LogP contribution in [0, 0.1) is 0 Å². The van der Waals surface area contributed by atoms with Crippen LogP contribution in [-0.4, -0.2) is 11.1 Å². The van der Waals surface area contributed by atoms with Gasteiger partial charge in [-0.05, 0) is 49.5 Å². The van der Waals surface area contributed by atoms with Crippen molar-refractivity contribution in [2.24, 2.45) is 0 Å². The zero-order valence-corrected chi connectivity index (χ0v) is 13.4. The number of carboxylic acids is 1. The molecule has 0 aromatic heterocycles. The monoisotopic (exact) mass is 322 g/mol. The van der Waals surface area contributed by atoms with E-state index in [1.165, 1.54) is 26.9 Å². The fourth-order valence-corrected chi connectivity index (χ4v) is 3.87. The number of hydrogen-bond donors (Lipinski definition) is 1. The van der Waals surface area contributed by atoms with Gasteiger partial charge in [0.15, 0.2) is 0 Å². The van der Waals surface area contributed by atoms with Gasteiger partial charge in [-0.3, -0.25) is 0 Å². The average Bonchev–Trinajstić information content (AvgIpc) is 2.66. The van der Waals surface area contributed by atoms with Gasteiger partial charge < -0.3 is 5.11 Å². The molecule has 118 valence electrons. The van der Waals surface area contributed by atoms with E-state index >= 15 is 0 Å². The van der Waals surface area contributed by atoms with Gasteiger partial charge in [-0.2, -0.15) is 0 Å². The summed E-state index contributed by atoms with van der Waals surface area (Å²) < 4.78 is 0. The molecule has 25 heavy (non-hydrogen) atoms. The Bertz CT molecular complexity index is 1250. The Balaban J connectivity index is 1.97. The second kappa shape index (κ2) is 5.05. The number of carbonyl (C=O) groups is 1. The van der Waals surface area contributed by atoms with Crippen LogP contribution in [0.4, 0.5) is 0 Å². The van der Waals surface area contributed by atoms with E-state index < -0.39 is 5.97 Å². The third-order valence-corrected chi connectivity index (χ3v) is 4.98. The predicted molar refractivity (Wildman–Crippen MR) is 103 cm³/mol. The van der Waals surface area contributed by atoms with E-state index in [2.05, 4.69) is 48.5 Å². The molecule has 0 atom stereocenters. The highest BCUT2D eigenvalue weighted by Gasteiger charge is 2.15. The van der Waals surface area contributed by atoms with E-state index in [4.69, 9.17) is 0 Å². The summed E-state index contributed by atoms with van der Waals surface area (Å²) in [6.07, 6.45) is 0. The van der Waals surface area contributed by atoms with Crippen LogP contribution < -0.4 is 0 Å². The van der Waals surface area contributed by atoms with Crippen molar-refractivity contribution in [1.82, 2.24) is 0 Å². The van der Waals surface area contributed by atoms with Crippen molar-refractivity contribution in [3.63, 3.8) is 0 Å². The maximum atomic E-state index is 11.7. The predicted octanol–water partition coefficient (Wildman–Crippen LogP) is 5.95. The molecule has 0 bridgehead atoms. The summed E-state index contributed by atoms with van der Waals surface area (Å²) in [5.41, 5.74) is 2.05. The van der Waals surface area contributed by atoms with E-state index in [0.29, 0.717) is 5.56 Å². The van der Waals surface area contributed by atoms with Crippen molar-refractivity contribution in [1.29, 1.82) is 0 Å². The van der Waals surface area contributed by atoms with Gasteiger partial charge in [-0.1, -0.05) is 72.8 Å². The largest absolute Gasteiger partial charge is 0.478 e. The molecular weight excluding hydrogens is 308 g/mol. The third kappa shape index (κ3) is 1.94. The van der Waals surface area contributed by atoms with Gasteiger partial charge in [0.2, 0.25) is 0 Å². The van der Waals surface area contributed by atoms with E-state index in [9.17, 15) is 9.90 Å². The number of rotatable bonds is 2. The first-order valence-electron chi connectivity index (χ1n) is 8.23. The van der Waals surface area contributed by atoms with Crippen molar-refractivity contribution in [2.45, 2.75) is 0 Å². The Labute approximate surface area is 144 Å². The van der Waals surface area contributed by atoms with Gasteiger partial charge in [-0.25, -0.2) is 4.79 Å². The highest BCUT2D eigenvalue weighted by atomic mass is 16.4. The second-order valence-corrected chi connectivity index (χ2v) is 6.32. The minimum absolute atomic E-state index is 0.331. The van der Waals surface area contributed by atoms with Crippen LogP contribution in [0.2, 0.25) is 0 Å². The molecule has 0 spiro atoms. The van der Waals surface area contributed by atoms with Crippen molar-refractivity contribution >= 4 is 38.3 Å². The number of hydrogen-bond acceptors (Lipinski definition) is 1. The lowest BCUT2D eigenvalue weighted by Crippen LogP contribution is -1.99. The van der Waals surface area contributed by atoms with Crippen molar-refractivity contribution in [2.75, 3.05) is 0 Å². The van der Waals surface area contributed by atoms with Gasteiger partial charge in [0.25, 0.3) is 0 Å². The maximum absolute atomic E-state index is 11.7. The first-order valence-corrected chi connectivity index (χ1v) is 8.23. The third-order valence-electron chi connectivity index (χ3n) is 4.98. The van der Waals surface area contributed by atoms with E-state index in [1.54, 1.807) is 12.1 Å². The fourth-order valence-electron chi connectivity index (χ4n) is 3.87. The molecule has 5 aromatic rings. The minimum Gasteiger partial charge on any atom is -0.478 e. The Morgan fingerprint density at radius 1 is 0.600 bits per heavy atom. The summed E-state index contributed by atoms with van der Waals surface area (Å²) >= 11 is 0. The zero-order valence-electron chi connectivity index (χ0n) is 13.4. The molecule has 0 unspecified atom stereocenters. The Morgan fingerprint density at radius 3 is 2.00 bits per heavy atom. The minimum atomic E-state index is -0.902. The van der Waals surface area contributed by atoms with Gasteiger partial charge in [-0.15, -0.1) is 0 Å². The van der Waals surface area contributed by atoms with Crippen LogP contribution in [0.3, 0.4) is 0 Å². The van der Waals surface area contributed by atoms with Crippen molar-refractivity contribution in [3.8, 4) is 11.1 Å². The van der Waals surface area contributed by atoms with Crippen LogP contribution in [0.25, 0.3) is 43.4 Å². The van der Waals surface area contributed by atoms with E-state index in [1.807, 2.05) is 18.2 Å². The molecule has 0 saturated heterocycles. The molecule has 0 aliphatic carbocycles. The van der Waals surface area contributed by atoms with Crippen LogP contribution in [0.1, 0.15) is 10.4 Å². The number of aromatic carboxylic acids is 1. The van der Waals surface area contributed by atoms with Crippen LogP contribution in [-0.2, 0) is 0 Å². The normalized spacial score (nSPS) is 11.5. The second-order valence-electron chi connectivity index (χ2n) is 6.32. The molecule has 5 aromatic carbocycles. The van der Waals surface area contributed by atoms with Gasteiger partial charge in [0.1, 0.15) is 0 Å². The average molecular weight is 322 g/mol. The standard InChI is InChI=1S/C23H14O2/c24-23(25)20-7-2-1-6-17(20)18-12-10-16-9-8-14-4-3-5-15-11-13-19(18)22(16)21(14)15/h1-13H,(H,24,25). The summed E-state index contributed by atoms with van der Waals surface area (Å²) in [5.74, 6) is -0.902. The Hall–Kier alpha value is -3.39. The van der Waals surface area contributed by atoms with Crippen molar-refractivity contribution in [3.05, 3.63) is 84.4 Å². The first-order chi connectivity index (χ1) is 12.2. The van der Waals surface area contributed by atoms with Crippen LogP contribution in [0.5, 0.6) is 0 Å². The maximum Gasteiger partial charge on any atom is 0.336 e. The van der Waals surface area contributed by atoms with Gasteiger partial charge >= 0.3 is 5.97 Å². The van der Waals surface area contributed by atoms with Gasteiger partial charge in [0.05, 0.1) is 5.56 Å². The zero-order chi connectivity index (χ0) is 17.0. The topological polar surface area (TPSA) is 37.3 Å². The van der Waals surface area contributed by atoms with Gasteiger partial charge in [0, 0.05) is 0 Å². The van der Waals surface area contributed by atoms with Crippen LogP contribution >= 0.6 is 0 Å². The molecular formula is C23H14O2. The van der Waals surface area contributed by atoms with Crippen molar-refractivity contribution < 1.29 is 9.90 Å². The molecule has 0 saturated carbocycles. The quantitative estimate of drug-likeness (QED) is 0.408. The molecule has 0 fully saturated rings. The lowest BCUT2D eigenvalue weighted by atomic mass is 9.88. The number of benzene rings is 5. The molecule has 0 aliphatic rings. The first kappa shape index (κ1) is 14.0. The fraction of sp³-hybridized carbons (Fsp3) is 0. The summed E-state index contributed by atoms with van der Waals surface area (Å²) in [7, 11) is 0. The highest BCUT2D eigenvalue weighted by molar-refractivity contribution is 6.25. The molecule has 0 radical (unpaired) electrons. The van der Waals surface area contributed by atoms with E-state index in [-0.39, 0.29) is 0 Å². The summed E-state index contributed by atoms with van der Waals surface area (Å²) in [4.78, 5) is 11.7. The summed E-state index contributed by atoms with van der Waals surface area (Å²) in [6.45, 7) is 0. The molecule has 2 nitrogen and oxygen atoms in total. The summed E-state index contributed by atoms with van der Waals surface area (Å²) in [5, 5.41) is 16.7. The molecule has 1 N–H and O–H groups in total. The summed E-state index contributed by atoms with van der Waals surface area (Å²) in [6, 6.07) is 26.2. The Morgan fingerprint density at radius 2 is 1.24 bits per heavy atom. The van der Waals surface area contributed by atoms with E-state index in [0.717, 1.165) is 16.5 Å². The lowest BCUT2D eigenvalue weighted by molar-refractivity contribution is 0.0698. The van der Waals surface area contributed by atoms with Crippen LogP contribution in [0.15, 0.2) is 78.9 Å². The molecule has 0 heterocycles.